The van der Waals surface area contributed by atoms with Crippen LogP contribution in [0.5, 0.6) is 0 Å². The number of fused-ring (bicyclic) bond motifs is 1. The van der Waals surface area contributed by atoms with E-state index in [1.165, 1.54) is 4.90 Å². The van der Waals surface area contributed by atoms with Gasteiger partial charge in [0.05, 0.1) is 18.7 Å². The summed E-state index contributed by atoms with van der Waals surface area (Å²) in [6, 6.07) is 12.4. The highest BCUT2D eigenvalue weighted by molar-refractivity contribution is 5.95. The van der Waals surface area contributed by atoms with E-state index in [9.17, 15) is 18.4 Å². The lowest BCUT2D eigenvalue weighted by atomic mass is 10.1. The molecule has 0 atom stereocenters. The molecule has 1 saturated heterocycles. The van der Waals surface area contributed by atoms with Gasteiger partial charge in [-0.1, -0.05) is 18.2 Å². The number of rotatable bonds is 5. The van der Waals surface area contributed by atoms with Gasteiger partial charge in [-0.2, -0.15) is 5.10 Å². The highest BCUT2D eigenvalue weighted by Crippen LogP contribution is 2.31. The third-order valence-corrected chi connectivity index (χ3v) is 5.65. The van der Waals surface area contributed by atoms with Gasteiger partial charge in [0.25, 0.3) is 11.8 Å². The van der Waals surface area contributed by atoms with Crippen molar-refractivity contribution in [2.45, 2.75) is 31.6 Å². The maximum Gasteiger partial charge on any atom is 0.267 e. The molecular weight excluding hydrogens is 390 g/mol. The lowest BCUT2D eigenvalue weighted by Crippen LogP contribution is -2.31. The molecule has 0 spiro atoms. The summed E-state index contributed by atoms with van der Waals surface area (Å²) in [5.41, 5.74) is 2.61. The minimum atomic E-state index is -2.81. The molecule has 2 aromatic heterocycles. The van der Waals surface area contributed by atoms with E-state index in [1.54, 1.807) is 28.8 Å². The number of halogens is 2. The van der Waals surface area contributed by atoms with Crippen LogP contribution in [-0.4, -0.2) is 50.2 Å². The number of hydrogen-bond donors (Lipinski definition) is 0. The number of pyridine rings is 1. The topological polar surface area (TPSA) is 67.6 Å². The highest BCUT2D eigenvalue weighted by atomic mass is 19.3. The molecule has 0 radical (unpaired) electrons. The highest BCUT2D eigenvalue weighted by Gasteiger charge is 2.40. The fourth-order valence-corrected chi connectivity index (χ4v) is 3.82. The van der Waals surface area contributed by atoms with Gasteiger partial charge >= 0.3 is 0 Å². The molecule has 8 heteroatoms. The van der Waals surface area contributed by atoms with Gasteiger partial charge < -0.3 is 4.90 Å². The minimum absolute atomic E-state index is 0.0637. The van der Waals surface area contributed by atoms with Gasteiger partial charge in [0, 0.05) is 30.0 Å². The van der Waals surface area contributed by atoms with Gasteiger partial charge in [-0.05, 0) is 37.1 Å². The van der Waals surface area contributed by atoms with Crippen LogP contribution in [0.1, 0.15) is 35.4 Å². The van der Waals surface area contributed by atoms with Crippen LogP contribution < -0.4 is 0 Å². The summed E-state index contributed by atoms with van der Waals surface area (Å²) in [6.45, 7) is -0.470. The van der Waals surface area contributed by atoms with Gasteiger partial charge in [-0.3, -0.25) is 9.59 Å². The van der Waals surface area contributed by atoms with Gasteiger partial charge in [-0.15, -0.1) is 0 Å². The fraction of sp³-hybridized carbons (Fsp3) is 0.364. The number of benzene rings is 1. The van der Waals surface area contributed by atoms with Gasteiger partial charge in [-0.25, -0.2) is 18.3 Å². The third kappa shape index (κ3) is 3.58. The van der Waals surface area contributed by atoms with Crippen molar-refractivity contribution in [1.29, 1.82) is 0 Å². The first-order valence-electron chi connectivity index (χ1n) is 10.0. The first kappa shape index (κ1) is 18.8. The summed E-state index contributed by atoms with van der Waals surface area (Å²) in [5, 5.41) is 4.50. The maximum absolute atomic E-state index is 13.4. The zero-order valence-corrected chi connectivity index (χ0v) is 16.2. The Morgan fingerprint density at radius 3 is 2.53 bits per heavy atom. The van der Waals surface area contributed by atoms with Crippen molar-refractivity contribution in [2.75, 3.05) is 13.1 Å². The molecule has 2 fully saturated rings. The molecule has 1 saturated carbocycles. The Bertz CT molecular complexity index is 1140. The molecule has 2 aliphatic rings. The number of alkyl halides is 2. The Morgan fingerprint density at radius 2 is 1.87 bits per heavy atom. The Labute approximate surface area is 171 Å². The van der Waals surface area contributed by atoms with E-state index >= 15 is 0 Å². The maximum atomic E-state index is 13.4. The summed E-state index contributed by atoms with van der Waals surface area (Å²) in [7, 11) is 0. The lowest BCUT2D eigenvalue weighted by Gasteiger charge is -2.16. The average Bonchev–Trinajstić information content (AvgIpc) is 3.41. The summed E-state index contributed by atoms with van der Waals surface area (Å²) in [6.07, 6.45) is 1.85. The molecule has 30 heavy (non-hydrogen) atoms. The monoisotopic (exact) mass is 410 g/mol. The van der Waals surface area contributed by atoms with Crippen LogP contribution in [0.3, 0.4) is 0 Å². The molecule has 1 aliphatic carbocycles. The van der Waals surface area contributed by atoms with Crippen LogP contribution >= 0.6 is 0 Å². The van der Waals surface area contributed by atoms with E-state index in [0.717, 1.165) is 24.1 Å². The van der Waals surface area contributed by atoms with Crippen LogP contribution in [0.2, 0.25) is 0 Å². The Hall–Kier alpha value is -3.16. The Balaban J connectivity index is 1.39. The number of ketones is 1. The second kappa shape index (κ2) is 6.97. The molecule has 1 aromatic carbocycles. The average molecular weight is 410 g/mol. The lowest BCUT2D eigenvalue weighted by molar-refractivity contribution is -0.119. The van der Waals surface area contributed by atoms with Crippen LogP contribution in [0.15, 0.2) is 42.5 Å². The van der Waals surface area contributed by atoms with E-state index in [0.29, 0.717) is 17.0 Å². The van der Waals surface area contributed by atoms with E-state index in [-0.39, 0.29) is 31.1 Å². The molecular formula is C22H20F2N4O2. The second-order valence-electron chi connectivity index (χ2n) is 8.04. The Morgan fingerprint density at radius 1 is 1.10 bits per heavy atom. The number of likely N-dealkylation sites (tertiary alicyclic amines) is 1. The molecule has 0 unspecified atom stereocenters. The van der Waals surface area contributed by atoms with Crippen molar-refractivity contribution in [3.8, 4) is 11.3 Å². The number of hydrogen-bond acceptors (Lipinski definition) is 4. The number of carbonyl (C=O) groups is 2. The van der Waals surface area contributed by atoms with Crippen LogP contribution in [0, 0.1) is 5.92 Å². The molecule has 6 nitrogen and oxygen atoms in total. The largest absolute Gasteiger partial charge is 0.332 e. The molecule has 3 aromatic rings. The predicted octanol–water partition coefficient (Wildman–Crippen LogP) is 3.40. The molecule has 0 N–H and O–H groups in total. The van der Waals surface area contributed by atoms with Crippen LogP contribution in [-0.2, 0) is 11.2 Å². The van der Waals surface area contributed by atoms with Crippen molar-refractivity contribution in [3.63, 3.8) is 0 Å². The van der Waals surface area contributed by atoms with E-state index in [4.69, 9.17) is 0 Å². The summed E-state index contributed by atoms with van der Waals surface area (Å²) >= 11 is 0. The standard InChI is InChI=1S/C22H20F2N4O2/c23-22(24)10-11-27(13-22)21(30)16-8-4-14(5-9-16)17-2-1-3-20-25-19(26-28(17)20)12-18(29)15-6-7-15/h1-5,8-9,15H,6-7,10-13H2. The third-order valence-electron chi connectivity index (χ3n) is 5.65. The molecule has 1 aliphatic heterocycles. The van der Waals surface area contributed by atoms with Crippen molar-refractivity contribution >= 4 is 17.3 Å². The van der Waals surface area contributed by atoms with Crippen molar-refractivity contribution < 1.29 is 18.4 Å². The Kier molecular flexibility index (Phi) is 4.38. The van der Waals surface area contributed by atoms with E-state index in [2.05, 4.69) is 10.1 Å². The number of amides is 1. The zero-order chi connectivity index (χ0) is 20.9. The van der Waals surface area contributed by atoms with Crippen molar-refractivity contribution in [1.82, 2.24) is 19.5 Å². The van der Waals surface area contributed by atoms with E-state index in [1.807, 2.05) is 18.2 Å². The zero-order valence-electron chi connectivity index (χ0n) is 16.2. The fourth-order valence-electron chi connectivity index (χ4n) is 3.82. The van der Waals surface area contributed by atoms with Gasteiger partial charge in [0.1, 0.15) is 5.78 Å². The quantitative estimate of drug-likeness (QED) is 0.647. The van der Waals surface area contributed by atoms with Crippen molar-refractivity contribution in [2.24, 2.45) is 5.92 Å². The number of Topliss-reactive ketones (excluding diaryl/α,β-unsaturated/α-hetero) is 1. The number of nitrogens with zero attached hydrogens (tertiary/aromatic N) is 4. The first-order chi connectivity index (χ1) is 14.4. The molecule has 1 amide bonds. The molecule has 5 rings (SSSR count). The SMILES string of the molecule is O=C(Cc1nc2cccc(-c3ccc(C(=O)N4CCC(F)(F)C4)cc3)n2n1)C1CC1. The summed E-state index contributed by atoms with van der Waals surface area (Å²) in [4.78, 5) is 30.2. The van der Waals surface area contributed by atoms with Crippen LogP contribution in [0.4, 0.5) is 8.78 Å². The second-order valence-corrected chi connectivity index (χ2v) is 8.04. The van der Waals surface area contributed by atoms with Crippen LogP contribution in [0.25, 0.3) is 16.9 Å². The smallest absolute Gasteiger partial charge is 0.267 e. The minimum Gasteiger partial charge on any atom is -0.332 e. The normalized spacial score (nSPS) is 18.1. The summed E-state index contributed by atoms with van der Waals surface area (Å²) < 4.78 is 28.5. The first-order valence-corrected chi connectivity index (χ1v) is 10.0. The summed E-state index contributed by atoms with van der Waals surface area (Å²) in [5.74, 6) is -2.35. The molecule has 154 valence electrons. The van der Waals surface area contributed by atoms with Gasteiger partial charge in [0.15, 0.2) is 11.5 Å². The van der Waals surface area contributed by atoms with Gasteiger partial charge in [0.2, 0.25) is 0 Å². The number of aromatic nitrogens is 3. The van der Waals surface area contributed by atoms with E-state index < -0.39 is 18.4 Å². The molecule has 3 heterocycles. The number of carbonyl (C=O) groups excluding carboxylic acids is 2. The predicted molar refractivity (Wildman–Crippen MR) is 105 cm³/mol. The van der Waals surface area contributed by atoms with Crippen molar-refractivity contribution in [3.05, 3.63) is 53.9 Å². The molecule has 0 bridgehead atoms.